The van der Waals surface area contributed by atoms with Crippen LogP contribution in [0.2, 0.25) is 0 Å². The Hall–Kier alpha value is -0.390. The van der Waals surface area contributed by atoms with Crippen molar-refractivity contribution in [3.63, 3.8) is 0 Å². The maximum Gasteiger partial charge on any atom is 0.243 e. The predicted octanol–water partition coefficient (Wildman–Crippen LogP) is 3.14. The van der Waals surface area contributed by atoms with Crippen LogP contribution in [0.5, 0.6) is 0 Å². The lowest BCUT2D eigenvalue weighted by atomic mass is 9.84. The molecule has 0 spiro atoms. The maximum atomic E-state index is 12.6. The van der Waals surface area contributed by atoms with Crippen molar-refractivity contribution in [1.82, 2.24) is 4.31 Å². The standard InChI is InChI=1S/C13H18BrNO2S/c1-9(2)15-8-13(3,4)11-7-10(14)5-6-12(11)18(15,16)17/h5-7,9H,8H2,1-4H3. The lowest BCUT2D eigenvalue weighted by molar-refractivity contribution is 0.276. The highest BCUT2D eigenvalue weighted by Crippen LogP contribution is 2.39. The SMILES string of the molecule is CC(C)N1CC(C)(C)c2cc(Br)ccc2S1(=O)=O. The Morgan fingerprint density at radius 3 is 2.50 bits per heavy atom. The van der Waals surface area contributed by atoms with E-state index in [0.29, 0.717) is 11.4 Å². The molecule has 18 heavy (non-hydrogen) atoms. The van der Waals surface area contributed by atoms with E-state index in [0.717, 1.165) is 10.0 Å². The number of halogens is 1. The molecule has 0 aromatic heterocycles. The van der Waals surface area contributed by atoms with Gasteiger partial charge < -0.3 is 0 Å². The van der Waals surface area contributed by atoms with Crippen LogP contribution >= 0.6 is 15.9 Å². The fraction of sp³-hybridized carbons (Fsp3) is 0.538. The Bertz CT molecular complexity index is 579. The fourth-order valence-electron chi connectivity index (χ4n) is 2.40. The Balaban J connectivity index is 2.72. The lowest BCUT2D eigenvalue weighted by Crippen LogP contribution is -2.49. The number of sulfonamides is 1. The topological polar surface area (TPSA) is 37.4 Å². The highest BCUT2D eigenvalue weighted by atomic mass is 79.9. The third kappa shape index (κ3) is 2.12. The molecule has 1 heterocycles. The molecule has 0 N–H and O–H groups in total. The first-order valence-electron chi connectivity index (χ1n) is 5.98. The molecular weight excluding hydrogens is 314 g/mol. The van der Waals surface area contributed by atoms with Crippen molar-refractivity contribution >= 4 is 26.0 Å². The maximum absolute atomic E-state index is 12.6. The van der Waals surface area contributed by atoms with Crippen molar-refractivity contribution in [2.24, 2.45) is 0 Å². The molecule has 0 saturated carbocycles. The van der Waals surface area contributed by atoms with Crippen LogP contribution in [0.4, 0.5) is 0 Å². The van der Waals surface area contributed by atoms with Gasteiger partial charge in [0.15, 0.2) is 0 Å². The zero-order valence-corrected chi connectivity index (χ0v) is 13.5. The van der Waals surface area contributed by atoms with Crippen LogP contribution in [-0.2, 0) is 15.4 Å². The van der Waals surface area contributed by atoms with E-state index in [-0.39, 0.29) is 11.5 Å². The van der Waals surface area contributed by atoms with Crippen LogP contribution in [0.3, 0.4) is 0 Å². The summed E-state index contributed by atoms with van der Waals surface area (Å²) in [6.07, 6.45) is 0. The summed E-state index contributed by atoms with van der Waals surface area (Å²) in [7, 11) is -3.36. The number of benzene rings is 1. The lowest BCUT2D eigenvalue weighted by Gasteiger charge is -2.40. The molecule has 0 atom stereocenters. The Morgan fingerprint density at radius 2 is 1.94 bits per heavy atom. The molecule has 0 fully saturated rings. The van der Waals surface area contributed by atoms with Crippen LogP contribution in [0, 0.1) is 0 Å². The molecule has 0 radical (unpaired) electrons. The van der Waals surface area contributed by atoms with E-state index < -0.39 is 10.0 Å². The first-order valence-corrected chi connectivity index (χ1v) is 8.21. The van der Waals surface area contributed by atoms with Gasteiger partial charge in [0.25, 0.3) is 0 Å². The first kappa shape index (κ1) is 14.0. The summed E-state index contributed by atoms with van der Waals surface area (Å²) in [6.45, 7) is 8.52. The van der Waals surface area contributed by atoms with Gasteiger partial charge in [-0.05, 0) is 37.6 Å². The molecule has 5 heteroatoms. The second kappa shape index (κ2) is 4.32. The summed E-state index contributed by atoms with van der Waals surface area (Å²) in [5.41, 5.74) is 0.725. The van der Waals surface area contributed by atoms with E-state index in [1.54, 1.807) is 16.4 Å². The average Bonchev–Trinajstić information content (AvgIpc) is 2.23. The van der Waals surface area contributed by atoms with E-state index >= 15 is 0 Å². The first-order chi connectivity index (χ1) is 8.16. The number of rotatable bonds is 1. The summed E-state index contributed by atoms with van der Waals surface area (Å²) < 4.78 is 27.6. The molecule has 0 aliphatic carbocycles. The average molecular weight is 332 g/mol. The van der Waals surface area contributed by atoms with Gasteiger partial charge >= 0.3 is 0 Å². The summed E-state index contributed by atoms with van der Waals surface area (Å²) in [6, 6.07) is 5.39. The molecule has 0 unspecified atom stereocenters. The van der Waals surface area contributed by atoms with E-state index in [1.807, 2.05) is 19.9 Å². The molecule has 0 bridgehead atoms. The predicted molar refractivity (Wildman–Crippen MR) is 76.2 cm³/mol. The Kier molecular flexibility index (Phi) is 3.37. The van der Waals surface area contributed by atoms with Crippen LogP contribution < -0.4 is 0 Å². The Morgan fingerprint density at radius 1 is 1.33 bits per heavy atom. The van der Waals surface area contributed by atoms with Gasteiger partial charge in [-0.2, -0.15) is 4.31 Å². The van der Waals surface area contributed by atoms with Crippen LogP contribution in [0.15, 0.2) is 27.6 Å². The van der Waals surface area contributed by atoms with Gasteiger partial charge in [0.1, 0.15) is 0 Å². The molecule has 1 aromatic carbocycles. The van der Waals surface area contributed by atoms with Gasteiger partial charge in [0, 0.05) is 22.5 Å². The monoisotopic (exact) mass is 331 g/mol. The normalized spacial score (nSPS) is 21.9. The molecule has 1 aromatic rings. The summed E-state index contributed by atoms with van der Waals surface area (Å²) in [5.74, 6) is 0. The van der Waals surface area contributed by atoms with Gasteiger partial charge in [-0.1, -0.05) is 29.8 Å². The second-order valence-electron chi connectivity index (χ2n) is 5.67. The minimum Gasteiger partial charge on any atom is -0.207 e. The van der Waals surface area contributed by atoms with Crippen molar-refractivity contribution in [1.29, 1.82) is 0 Å². The van der Waals surface area contributed by atoms with E-state index in [1.165, 1.54) is 0 Å². The zero-order chi connectivity index (χ0) is 13.7. The highest BCUT2D eigenvalue weighted by molar-refractivity contribution is 9.10. The molecule has 1 aliphatic rings. The minimum atomic E-state index is -3.36. The van der Waals surface area contributed by atoms with E-state index in [9.17, 15) is 8.42 Å². The number of hydrogen-bond donors (Lipinski definition) is 0. The third-order valence-electron chi connectivity index (χ3n) is 3.38. The molecule has 3 nitrogen and oxygen atoms in total. The molecular formula is C13H18BrNO2S. The van der Waals surface area contributed by atoms with E-state index in [4.69, 9.17) is 0 Å². The van der Waals surface area contributed by atoms with Crippen molar-refractivity contribution < 1.29 is 8.42 Å². The van der Waals surface area contributed by atoms with Gasteiger partial charge in [0.05, 0.1) is 4.90 Å². The highest BCUT2D eigenvalue weighted by Gasteiger charge is 2.42. The quantitative estimate of drug-likeness (QED) is 0.792. The molecule has 0 amide bonds. The van der Waals surface area contributed by atoms with Gasteiger partial charge in [-0.25, -0.2) is 8.42 Å². The summed E-state index contributed by atoms with van der Waals surface area (Å²) in [5, 5.41) is 0. The number of nitrogens with zero attached hydrogens (tertiary/aromatic N) is 1. The summed E-state index contributed by atoms with van der Waals surface area (Å²) in [4.78, 5) is 0.440. The number of fused-ring (bicyclic) bond motifs is 1. The van der Waals surface area contributed by atoms with Crippen molar-refractivity contribution in [2.45, 2.75) is 44.0 Å². The Labute approximate surface area is 117 Å². The van der Waals surface area contributed by atoms with Crippen molar-refractivity contribution in [3.05, 3.63) is 28.2 Å². The van der Waals surface area contributed by atoms with Gasteiger partial charge in [-0.15, -0.1) is 0 Å². The zero-order valence-electron chi connectivity index (χ0n) is 11.1. The summed E-state index contributed by atoms with van der Waals surface area (Å²) >= 11 is 3.42. The van der Waals surface area contributed by atoms with Crippen LogP contribution in [-0.4, -0.2) is 25.3 Å². The largest absolute Gasteiger partial charge is 0.243 e. The van der Waals surface area contributed by atoms with Crippen LogP contribution in [0.1, 0.15) is 33.3 Å². The smallest absolute Gasteiger partial charge is 0.207 e. The van der Waals surface area contributed by atoms with Gasteiger partial charge in [-0.3, -0.25) is 0 Å². The number of hydrogen-bond acceptors (Lipinski definition) is 2. The fourth-order valence-corrected chi connectivity index (χ4v) is 4.92. The van der Waals surface area contributed by atoms with Gasteiger partial charge in [0.2, 0.25) is 10.0 Å². The molecule has 0 saturated heterocycles. The molecule has 100 valence electrons. The molecule has 2 rings (SSSR count). The van der Waals surface area contributed by atoms with Crippen molar-refractivity contribution in [3.8, 4) is 0 Å². The van der Waals surface area contributed by atoms with E-state index in [2.05, 4.69) is 29.8 Å². The van der Waals surface area contributed by atoms with Crippen molar-refractivity contribution in [2.75, 3.05) is 6.54 Å². The third-order valence-corrected chi connectivity index (χ3v) is 5.96. The second-order valence-corrected chi connectivity index (χ2v) is 8.44. The van der Waals surface area contributed by atoms with Crippen LogP contribution in [0.25, 0.3) is 0 Å². The minimum absolute atomic E-state index is 0.0222. The molecule has 1 aliphatic heterocycles.